The molecule has 0 saturated heterocycles. The molecule has 0 spiro atoms. The fourth-order valence-electron chi connectivity index (χ4n) is 3.71. The van der Waals surface area contributed by atoms with Crippen LogP contribution < -0.4 is 10.9 Å². The van der Waals surface area contributed by atoms with Gasteiger partial charge in [-0.25, -0.2) is 9.97 Å². The third-order valence-corrected chi connectivity index (χ3v) is 5.13. The van der Waals surface area contributed by atoms with Crippen molar-refractivity contribution < 1.29 is 4.79 Å². The van der Waals surface area contributed by atoms with Crippen LogP contribution in [-0.2, 0) is 0 Å². The van der Waals surface area contributed by atoms with Crippen LogP contribution in [0.25, 0.3) is 38.7 Å². The highest BCUT2D eigenvalue weighted by Crippen LogP contribution is 2.27. The molecule has 0 aliphatic heterocycles. The lowest BCUT2D eigenvalue weighted by atomic mass is 10.2. The Morgan fingerprint density at radius 2 is 1.79 bits per heavy atom. The van der Waals surface area contributed by atoms with Crippen molar-refractivity contribution >= 4 is 44.7 Å². The van der Waals surface area contributed by atoms with Gasteiger partial charge < -0.3 is 10.3 Å². The van der Waals surface area contributed by atoms with E-state index in [0.717, 1.165) is 18.4 Å². The number of nitrogens with zero attached hydrogens (tertiary/aromatic N) is 3. The largest absolute Gasteiger partial charge is 0.352 e. The number of H-pyrrole nitrogens is 1. The summed E-state index contributed by atoms with van der Waals surface area (Å²) >= 11 is 0. The van der Waals surface area contributed by atoms with Crippen molar-refractivity contribution in [3.8, 4) is 0 Å². The number of carbonyl (C=O) groups is 1. The summed E-state index contributed by atoms with van der Waals surface area (Å²) in [7, 11) is 0. The van der Waals surface area contributed by atoms with Crippen LogP contribution in [0.15, 0.2) is 53.3 Å². The molecule has 2 aromatic carbocycles. The minimum Gasteiger partial charge on any atom is -0.352 e. The summed E-state index contributed by atoms with van der Waals surface area (Å²) in [5.41, 5.74) is 3.65. The van der Waals surface area contributed by atoms with Gasteiger partial charge in [0.05, 0.1) is 21.9 Å². The van der Waals surface area contributed by atoms with Gasteiger partial charge >= 0.3 is 0 Å². The molecule has 2 N–H and O–H groups in total. The Morgan fingerprint density at radius 1 is 1.07 bits per heavy atom. The lowest BCUT2D eigenvalue weighted by Crippen LogP contribution is -2.25. The van der Waals surface area contributed by atoms with E-state index in [1.165, 1.54) is 0 Å². The van der Waals surface area contributed by atoms with Gasteiger partial charge in [-0.15, -0.1) is 0 Å². The van der Waals surface area contributed by atoms with Gasteiger partial charge in [0.25, 0.3) is 11.5 Å². The van der Waals surface area contributed by atoms with E-state index in [2.05, 4.69) is 17.2 Å². The number of benzene rings is 2. The van der Waals surface area contributed by atoms with Gasteiger partial charge in [-0.3, -0.25) is 14.0 Å². The fourth-order valence-corrected chi connectivity index (χ4v) is 3.71. The van der Waals surface area contributed by atoms with Gasteiger partial charge in [0.2, 0.25) is 0 Å². The maximum absolute atomic E-state index is 13.1. The first-order valence-corrected chi connectivity index (χ1v) is 9.69. The molecular formula is C22H19N5O2. The molecule has 0 unspecified atom stereocenters. The molecule has 1 amide bonds. The second-order valence-electron chi connectivity index (χ2n) is 7.02. The maximum Gasteiger partial charge on any atom is 0.258 e. The fraction of sp³-hybridized carbons (Fsp3) is 0.182. The molecule has 0 aliphatic carbocycles. The smallest absolute Gasteiger partial charge is 0.258 e. The predicted octanol–water partition coefficient (Wildman–Crippen LogP) is 3.41. The summed E-state index contributed by atoms with van der Waals surface area (Å²) in [6, 6.07) is 14.8. The topological polar surface area (TPSA) is 92.2 Å². The first kappa shape index (κ1) is 17.4. The molecule has 0 radical (unpaired) electrons. The monoisotopic (exact) mass is 385 g/mol. The Hall–Kier alpha value is -3.74. The number of amides is 1. The maximum atomic E-state index is 13.1. The van der Waals surface area contributed by atoms with E-state index < -0.39 is 0 Å². The molecule has 0 bridgehead atoms. The number of aromatic nitrogens is 4. The summed E-state index contributed by atoms with van der Waals surface area (Å²) in [6.07, 6.45) is 1.85. The van der Waals surface area contributed by atoms with Crippen LogP contribution >= 0.6 is 0 Å². The highest BCUT2D eigenvalue weighted by atomic mass is 16.1. The van der Waals surface area contributed by atoms with Crippen LogP contribution in [0.2, 0.25) is 0 Å². The van der Waals surface area contributed by atoms with Crippen LogP contribution in [-0.4, -0.2) is 31.8 Å². The lowest BCUT2D eigenvalue weighted by molar-refractivity contribution is 0.0956. The van der Waals surface area contributed by atoms with Crippen LogP contribution in [0.1, 0.15) is 30.1 Å². The molecule has 0 atom stereocenters. The van der Waals surface area contributed by atoms with E-state index in [9.17, 15) is 9.59 Å². The van der Waals surface area contributed by atoms with E-state index in [4.69, 9.17) is 9.97 Å². The number of rotatable bonds is 4. The number of aromatic amines is 1. The summed E-state index contributed by atoms with van der Waals surface area (Å²) in [6.45, 7) is 2.63. The third kappa shape index (κ3) is 2.66. The minimum absolute atomic E-state index is 0.247. The molecule has 5 rings (SSSR count). The first-order valence-electron chi connectivity index (χ1n) is 9.69. The van der Waals surface area contributed by atoms with E-state index in [1.54, 1.807) is 6.07 Å². The van der Waals surface area contributed by atoms with Gasteiger partial charge in [0, 0.05) is 6.54 Å². The highest BCUT2D eigenvalue weighted by molar-refractivity contribution is 6.13. The summed E-state index contributed by atoms with van der Waals surface area (Å²) in [4.78, 5) is 38.2. The van der Waals surface area contributed by atoms with Crippen molar-refractivity contribution in [2.75, 3.05) is 6.54 Å². The first-order chi connectivity index (χ1) is 14.2. The molecule has 7 heteroatoms. The summed E-state index contributed by atoms with van der Waals surface area (Å²) in [5, 5.41) is 3.48. The Bertz CT molecular complexity index is 1460. The molecule has 3 heterocycles. The molecule has 0 saturated carbocycles. The lowest BCUT2D eigenvalue weighted by Gasteiger charge is -2.05. The third-order valence-electron chi connectivity index (χ3n) is 5.13. The van der Waals surface area contributed by atoms with Crippen LogP contribution in [0.5, 0.6) is 0 Å². The normalized spacial score (nSPS) is 11.6. The Labute approximate surface area is 165 Å². The van der Waals surface area contributed by atoms with Crippen LogP contribution in [0.3, 0.4) is 0 Å². The molecule has 144 valence electrons. The number of nitrogens with one attached hydrogen (secondary N) is 2. The molecule has 0 aliphatic rings. The zero-order chi connectivity index (χ0) is 20.0. The molecular weight excluding hydrogens is 366 g/mol. The van der Waals surface area contributed by atoms with Crippen LogP contribution in [0.4, 0.5) is 0 Å². The van der Waals surface area contributed by atoms with Crippen molar-refractivity contribution in [1.82, 2.24) is 24.7 Å². The zero-order valence-electron chi connectivity index (χ0n) is 15.9. The van der Waals surface area contributed by atoms with Crippen molar-refractivity contribution in [1.29, 1.82) is 0 Å². The van der Waals surface area contributed by atoms with Gasteiger partial charge in [-0.05, 0) is 30.7 Å². The van der Waals surface area contributed by atoms with E-state index in [0.29, 0.717) is 45.3 Å². The number of fused-ring (bicyclic) bond motifs is 6. The SMILES string of the molecule is CCCCNC(=O)c1c2nc3ccccc3nc2n2c1[nH]c(=O)c1ccccc12. The van der Waals surface area contributed by atoms with Crippen molar-refractivity contribution in [3.05, 3.63) is 64.4 Å². The standard InChI is InChI=1S/C22H19N5O2/c1-2-3-12-23-22(29)17-18-20(25-15-10-6-5-9-14(15)24-18)27-16-11-7-4-8-13(16)21(28)26-19(17)27/h4-11H,2-3,12H2,1H3,(H,23,29)(H,26,28). The number of unbranched alkanes of at least 4 members (excludes halogenated alkanes) is 1. The Morgan fingerprint density at radius 3 is 2.59 bits per heavy atom. The van der Waals surface area contributed by atoms with E-state index in [-0.39, 0.29) is 11.5 Å². The highest BCUT2D eigenvalue weighted by Gasteiger charge is 2.23. The molecule has 7 nitrogen and oxygen atoms in total. The van der Waals surface area contributed by atoms with E-state index in [1.807, 2.05) is 46.9 Å². The number of carbonyl (C=O) groups excluding carboxylic acids is 1. The number of hydrogen-bond acceptors (Lipinski definition) is 4. The zero-order valence-corrected chi connectivity index (χ0v) is 15.9. The number of para-hydroxylation sites is 3. The quantitative estimate of drug-likeness (QED) is 0.464. The second kappa shape index (κ2) is 6.70. The number of hydrogen-bond donors (Lipinski definition) is 2. The summed E-state index contributed by atoms with van der Waals surface area (Å²) in [5.74, 6) is -0.263. The Balaban J connectivity index is 1.93. The van der Waals surface area contributed by atoms with Gasteiger partial charge in [-0.1, -0.05) is 37.6 Å². The average Bonchev–Trinajstić information content (AvgIpc) is 3.05. The second-order valence-corrected chi connectivity index (χ2v) is 7.02. The molecule has 29 heavy (non-hydrogen) atoms. The average molecular weight is 385 g/mol. The summed E-state index contributed by atoms with van der Waals surface area (Å²) < 4.78 is 1.82. The molecule has 0 fully saturated rings. The minimum atomic E-state index is -0.263. The van der Waals surface area contributed by atoms with Crippen molar-refractivity contribution in [2.45, 2.75) is 19.8 Å². The van der Waals surface area contributed by atoms with Gasteiger partial charge in [0.1, 0.15) is 16.7 Å². The van der Waals surface area contributed by atoms with Gasteiger partial charge in [-0.2, -0.15) is 0 Å². The molecule has 3 aromatic heterocycles. The molecule has 5 aromatic rings. The predicted molar refractivity (Wildman–Crippen MR) is 113 cm³/mol. The van der Waals surface area contributed by atoms with Gasteiger partial charge in [0.15, 0.2) is 5.65 Å². The van der Waals surface area contributed by atoms with Crippen molar-refractivity contribution in [2.24, 2.45) is 0 Å². The van der Waals surface area contributed by atoms with Crippen LogP contribution in [0, 0.1) is 0 Å². The van der Waals surface area contributed by atoms with E-state index >= 15 is 0 Å². The Kier molecular flexibility index (Phi) is 4.01. The van der Waals surface area contributed by atoms with Crippen molar-refractivity contribution in [3.63, 3.8) is 0 Å².